The first-order valence-corrected chi connectivity index (χ1v) is 11.8. The van der Waals surface area contributed by atoms with Crippen molar-refractivity contribution in [3.63, 3.8) is 0 Å². The highest BCUT2D eigenvalue weighted by Crippen LogP contribution is 2.44. The molecule has 3 aromatic rings. The van der Waals surface area contributed by atoms with Crippen molar-refractivity contribution >= 4 is 36.0 Å². The molecule has 0 spiro atoms. The molecule has 1 amide bonds. The molecule has 0 N–H and O–H groups in total. The van der Waals surface area contributed by atoms with Crippen LogP contribution >= 0.6 is 11.8 Å². The van der Waals surface area contributed by atoms with E-state index < -0.39 is 12.1 Å². The van der Waals surface area contributed by atoms with Gasteiger partial charge in [0.1, 0.15) is 17.4 Å². The Morgan fingerprint density at radius 1 is 1.00 bits per heavy atom. The first-order chi connectivity index (χ1) is 16.7. The molecule has 2 aliphatic heterocycles. The van der Waals surface area contributed by atoms with E-state index >= 15 is 0 Å². The molecule has 7 heteroatoms. The predicted octanol–water partition coefficient (Wildman–Crippen LogP) is 4.17. The maximum Gasteiger partial charge on any atom is 0.356 e. The number of aromatic nitrogens is 1. The molecular weight excluding hydrogens is 448 g/mol. The third kappa shape index (κ3) is 4.06. The molecule has 2 aliphatic rings. The number of pyridine rings is 1. The molecule has 3 heterocycles. The fraction of sp³-hybridized carbons (Fsp3) is 0.111. The van der Waals surface area contributed by atoms with Crippen molar-refractivity contribution in [2.24, 2.45) is 0 Å². The minimum Gasteiger partial charge on any atom is -0.448 e. The smallest absolute Gasteiger partial charge is 0.356 e. The molecule has 168 valence electrons. The van der Waals surface area contributed by atoms with Gasteiger partial charge in [0.05, 0.1) is 11.3 Å². The highest BCUT2D eigenvalue weighted by atomic mass is 32.2. The maximum atomic E-state index is 13.5. The van der Waals surface area contributed by atoms with Crippen LogP contribution in [0.2, 0.25) is 0 Å². The van der Waals surface area contributed by atoms with Crippen LogP contribution in [0.1, 0.15) is 22.9 Å². The fourth-order valence-electron chi connectivity index (χ4n) is 4.02. The van der Waals surface area contributed by atoms with Gasteiger partial charge in [-0.05, 0) is 29.3 Å². The molecule has 1 fully saturated rings. The number of ether oxygens (including phenoxy) is 1. The third-order valence-corrected chi connectivity index (χ3v) is 6.92. The molecule has 5 rings (SSSR count). The lowest BCUT2D eigenvalue weighted by atomic mass is 10.00. The Labute approximate surface area is 201 Å². The Balaban J connectivity index is 1.46. The second-order valence-corrected chi connectivity index (χ2v) is 8.86. The second kappa shape index (κ2) is 9.49. The number of fused-ring (bicyclic) bond motifs is 1. The first-order valence-electron chi connectivity index (χ1n) is 10.7. The molecule has 0 unspecified atom stereocenters. The SMILES string of the molecule is O=CC1=C(C(=O)OC(c2ccccc2)c2ccccc2)N2C(=O)/C(=C/c3ccccn3)[C@H]2SC1. The van der Waals surface area contributed by atoms with Crippen molar-refractivity contribution in [2.45, 2.75) is 11.5 Å². The number of amides is 1. The number of nitrogens with zero attached hydrogens (tertiary/aromatic N) is 2. The van der Waals surface area contributed by atoms with Gasteiger partial charge in [-0.3, -0.25) is 19.5 Å². The zero-order chi connectivity index (χ0) is 23.5. The van der Waals surface area contributed by atoms with Crippen LogP contribution in [0.3, 0.4) is 0 Å². The molecule has 0 aliphatic carbocycles. The van der Waals surface area contributed by atoms with E-state index in [2.05, 4.69) is 4.98 Å². The molecule has 1 atom stereocenters. The number of carbonyl (C=O) groups is 3. The lowest BCUT2D eigenvalue weighted by molar-refractivity contribution is -0.149. The van der Waals surface area contributed by atoms with Gasteiger partial charge in [0, 0.05) is 17.5 Å². The van der Waals surface area contributed by atoms with Crippen molar-refractivity contribution in [3.05, 3.63) is 119 Å². The van der Waals surface area contributed by atoms with Gasteiger partial charge < -0.3 is 4.74 Å². The van der Waals surface area contributed by atoms with Crippen molar-refractivity contribution in [1.29, 1.82) is 0 Å². The lowest BCUT2D eigenvalue weighted by Gasteiger charge is -2.45. The van der Waals surface area contributed by atoms with E-state index in [9.17, 15) is 14.4 Å². The Hall–Kier alpha value is -3.97. The van der Waals surface area contributed by atoms with Crippen molar-refractivity contribution < 1.29 is 19.1 Å². The number of esters is 1. The summed E-state index contributed by atoms with van der Waals surface area (Å²) in [6.07, 6.45) is 3.33. The van der Waals surface area contributed by atoms with E-state index in [4.69, 9.17) is 4.74 Å². The van der Waals surface area contributed by atoms with Crippen LogP contribution in [0.4, 0.5) is 0 Å². The summed E-state index contributed by atoms with van der Waals surface area (Å²) in [6, 6.07) is 24.2. The van der Waals surface area contributed by atoms with Crippen LogP contribution in [0.25, 0.3) is 6.08 Å². The lowest BCUT2D eigenvalue weighted by Crippen LogP contribution is -2.56. The van der Waals surface area contributed by atoms with Crippen LogP contribution in [0, 0.1) is 0 Å². The second-order valence-electron chi connectivity index (χ2n) is 7.79. The summed E-state index contributed by atoms with van der Waals surface area (Å²) in [5.74, 6) is -0.719. The minimum atomic E-state index is -0.699. The Morgan fingerprint density at radius 2 is 1.65 bits per heavy atom. The standard InChI is InChI=1S/C27H20N2O4S/c30-16-20-17-34-26-22(15-21-13-7-8-14-28-21)25(31)29(26)23(20)27(32)33-24(18-9-3-1-4-10-18)19-11-5-2-6-12-19/h1-16,24,26H,17H2/b22-15-/t26-/m1/s1. The van der Waals surface area contributed by atoms with Gasteiger partial charge in [-0.25, -0.2) is 4.79 Å². The van der Waals surface area contributed by atoms with E-state index in [-0.39, 0.29) is 22.6 Å². The summed E-state index contributed by atoms with van der Waals surface area (Å²) in [7, 11) is 0. The first kappa shape index (κ1) is 21.9. The summed E-state index contributed by atoms with van der Waals surface area (Å²) in [5.41, 5.74) is 3.05. The summed E-state index contributed by atoms with van der Waals surface area (Å²) >= 11 is 1.42. The molecular formula is C27H20N2O4S. The fourth-order valence-corrected chi connectivity index (χ4v) is 5.26. The van der Waals surface area contributed by atoms with Gasteiger partial charge in [-0.15, -0.1) is 11.8 Å². The number of carbonyl (C=O) groups excluding carboxylic acids is 3. The van der Waals surface area contributed by atoms with Crippen molar-refractivity contribution in [1.82, 2.24) is 9.88 Å². The molecule has 0 radical (unpaired) electrons. The molecule has 34 heavy (non-hydrogen) atoms. The van der Waals surface area contributed by atoms with Gasteiger partial charge in [0.15, 0.2) is 6.10 Å². The minimum absolute atomic E-state index is 0.0128. The Morgan fingerprint density at radius 3 is 2.24 bits per heavy atom. The molecule has 0 saturated carbocycles. The number of rotatable bonds is 6. The number of benzene rings is 2. The molecule has 1 aromatic heterocycles. The normalized spacial score (nSPS) is 18.5. The molecule has 2 aromatic carbocycles. The van der Waals surface area contributed by atoms with E-state index in [1.807, 2.05) is 72.8 Å². The van der Waals surface area contributed by atoms with Crippen LogP contribution in [-0.2, 0) is 19.1 Å². The zero-order valence-electron chi connectivity index (χ0n) is 18.0. The van der Waals surface area contributed by atoms with E-state index in [0.717, 1.165) is 11.1 Å². The summed E-state index contributed by atoms with van der Waals surface area (Å²) in [6.45, 7) is 0. The van der Waals surface area contributed by atoms with Gasteiger partial charge in [0.25, 0.3) is 5.91 Å². The van der Waals surface area contributed by atoms with Crippen LogP contribution < -0.4 is 0 Å². The van der Waals surface area contributed by atoms with Gasteiger partial charge in [0.2, 0.25) is 0 Å². The average Bonchev–Trinajstić information content (AvgIpc) is 2.90. The summed E-state index contributed by atoms with van der Waals surface area (Å²) < 4.78 is 5.96. The van der Waals surface area contributed by atoms with E-state index in [1.54, 1.807) is 18.3 Å². The quantitative estimate of drug-likeness (QED) is 0.234. The number of β-lactam (4-membered cyclic amide) rings is 1. The third-order valence-electron chi connectivity index (χ3n) is 5.66. The highest BCUT2D eigenvalue weighted by molar-refractivity contribution is 8.00. The van der Waals surface area contributed by atoms with Gasteiger partial charge >= 0.3 is 5.97 Å². The summed E-state index contributed by atoms with van der Waals surface area (Å²) in [5, 5.41) is -0.368. The predicted molar refractivity (Wildman–Crippen MR) is 129 cm³/mol. The van der Waals surface area contributed by atoms with Gasteiger partial charge in [-0.2, -0.15) is 0 Å². The van der Waals surface area contributed by atoms with Gasteiger partial charge in [-0.1, -0.05) is 66.7 Å². The van der Waals surface area contributed by atoms with Crippen LogP contribution in [0.5, 0.6) is 0 Å². The molecule has 0 bridgehead atoms. The topological polar surface area (TPSA) is 76.6 Å². The number of hydrogen-bond acceptors (Lipinski definition) is 6. The number of thioether (sulfide) groups is 1. The number of hydrogen-bond donors (Lipinski definition) is 0. The molecule has 1 saturated heterocycles. The monoisotopic (exact) mass is 468 g/mol. The largest absolute Gasteiger partial charge is 0.448 e. The zero-order valence-corrected chi connectivity index (χ0v) is 18.9. The maximum absolute atomic E-state index is 13.5. The van der Waals surface area contributed by atoms with Crippen LogP contribution in [-0.4, -0.2) is 39.2 Å². The average molecular weight is 469 g/mol. The Kier molecular flexibility index (Phi) is 6.10. The summed E-state index contributed by atoms with van der Waals surface area (Å²) in [4.78, 5) is 43.9. The number of aldehydes is 1. The van der Waals surface area contributed by atoms with E-state index in [1.165, 1.54) is 16.7 Å². The van der Waals surface area contributed by atoms with Crippen LogP contribution in [0.15, 0.2) is 102 Å². The van der Waals surface area contributed by atoms with Crippen molar-refractivity contribution in [2.75, 3.05) is 5.75 Å². The van der Waals surface area contributed by atoms with E-state index in [0.29, 0.717) is 23.3 Å². The Bertz CT molecular complexity index is 1250. The highest BCUT2D eigenvalue weighted by Gasteiger charge is 2.50. The van der Waals surface area contributed by atoms with Crippen molar-refractivity contribution in [3.8, 4) is 0 Å². The molecule has 6 nitrogen and oxygen atoms in total.